The Morgan fingerprint density at radius 2 is 1.29 bits per heavy atom. The molecule has 1 heterocycles. The third-order valence-corrected chi connectivity index (χ3v) is 9.40. The van der Waals surface area contributed by atoms with E-state index in [9.17, 15) is 10.1 Å². The van der Waals surface area contributed by atoms with Gasteiger partial charge in [0.1, 0.15) is 17.6 Å². The molecule has 0 amide bonds. The summed E-state index contributed by atoms with van der Waals surface area (Å²) < 4.78 is 17.9. The lowest BCUT2D eigenvalue weighted by atomic mass is 9.60. The highest BCUT2D eigenvalue weighted by Crippen LogP contribution is 2.67. The Labute approximate surface area is 212 Å². The van der Waals surface area contributed by atoms with E-state index in [2.05, 4.69) is 48.5 Å². The lowest BCUT2D eigenvalue weighted by Crippen LogP contribution is -2.28. The smallest absolute Gasteiger partial charge is 0.350 e. The Morgan fingerprint density at radius 1 is 0.857 bits per heavy atom. The summed E-state index contributed by atoms with van der Waals surface area (Å²) in [5.41, 5.74) is 7.33. The van der Waals surface area contributed by atoms with Crippen molar-refractivity contribution in [3.05, 3.63) is 91.7 Å². The molecule has 0 N–H and O–H groups in total. The normalized spacial score (nSPS) is 18.1. The van der Waals surface area contributed by atoms with Crippen LogP contribution in [0, 0.1) is 11.3 Å². The molecule has 0 spiro atoms. The largest absolute Gasteiger partial charge is 0.495 e. The van der Waals surface area contributed by atoms with Crippen molar-refractivity contribution in [2.75, 3.05) is 20.8 Å². The molecule has 35 heavy (non-hydrogen) atoms. The zero-order valence-electron chi connectivity index (χ0n) is 19.4. The molecule has 0 fully saturated rings. The lowest BCUT2D eigenvalue weighted by Gasteiger charge is -2.43. The molecular formula is C28H21NO4S2. The summed E-state index contributed by atoms with van der Waals surface area (Å²) in [6, 6.07) is 19.2. The number of ether oxygens (including phenoxy) is 3. The van der Waals surface area contributed by atoms with Crippen molar-refractivity contribution in [2.45, 2.75) is 28.6 Å². The Balaban J connectivity index is 1.64. The molecule has 174 valence electrons. The van der Waals surface area contributed by atoms with Gasteiger partial charge in [0.25, 0.3) is 0 Å². The molecule has 2 bridgehead atoms. The highest BCUT2D eigenvalue weighted by molar-refractivity contribution is 8.24. The second-order valence-electron chi connectivity index (χ2n) is 8.37. The average molecular weight is 500 g/mol. The van der Waals surface area contributed by atoms with Crippen molar-refractivity contribution in [2.24, 2.45) is 0 Å². The number of fused-ring (bicyclic) bond motifs is 1. The molecule has 1 aliphatic heterocycles. The first-order valence-corrected chi connectivity index (χ1v) is 12.9. The number of carbonyl (C=O) groups is 1. The quantitative estimate of drug-likeness (QED) is 0.166. The topological polar surface area (TPSA) is 68.6 Å². The summed E-state index contributed by atoms with van der Waals surface area (Å²) in [6.45, 7) is 1.94. The minimum absolute atomic E-state index is 0.00896. The third kappa shape index (κ3) is 3.00. The molecule has 0 aromatic heterocycles. The molecule has 4 aliphatic rings. The van der Waals surface area contributed by atoms with E-state index in [1.165, 1.54) is 45.8 Å². The number of rotatable bonds is 4. The van der Waals surface area contributed by atoms with E-state index in [-0.39, 0.29) is 24.0 Å². The summed E-state index contributed by atoms with van der Waals surface area (Å²) in [4.78, 5) is 14.3. The number of methoxy groups -OCH3 is 2. The van der Waals surface area contributed by atoms with Gasteiger partial charge in [-0.15, -0.1) is 0 Å². The van der Waals surface area contributed by atoms with E-state index in [0.29, 0.717) is 4.24 Å². The van der Waals surface area contributed by atoms with Gasteiger partial charge in [-0.05, 0) is 29.2 Å². The Hall–Kier alpha value is -3.34. The fraction of sp³-hybridized carbons (Fsp3) is 0.214. The van der Waals surface area contributed by atoms with Gasteiger partial charge in [0.15, 0.2) is 5.57 Å². The number of benzene rings is 3. The number of hydrogen-bond donors (Lipinski definition) is 0. The molecule has 5 nitrogen and oxygen atoms in total. The zero-order chi connectivity index (χ0) is 24.3. The molecule has 0 saturated heterocycles. The average Bonchev–Trinajstić information content (AvgIpc) is 3.31. The van der Waals surface area contributed by atoms with Crippen molar-refractivity contribution in [3.63, 3.8) is 0 Å². The van der Waals surface area contributed by atoms with Crippen molar-refractivity contribution >= 4 is 29.5 Å². The zero-order valence-corrected chi connectivity index (χ0v) is 21.0. The number of esters is 1. The highest BCUT2D eigenvalue weighted by Gasteiger charge is 2.47. The van der Waals surface area contributed by atoms with Crippen LogP contribution in [0.3, 0.4) is 0 Å². The number of nitrogens with zero attached hydrogens (tertiary/aromatic N) is 1. The summed E-state index contributed by atoms with van der Waals surface area (Å²) >= 11 is 2.76. The monoisotopic (exact) mass is 499 g/mol. The van der Waals surface area contributed by atoms with E-state index in [0.717, 1.165) is 32.4 Å². The molecule has 0 radical (unpaired) electrons. The van der Waals surface area contributed by atoms with Gasteiger partial charge in [-0.2, -0.15) is 5.26 Å². The summed E-state index contributed by atoms with van der Waals surface area (Å²) in [7, 11) is 3.37. The van der Waals surface area contributed by atoms with Crippen LogP contribution in [0.15, 0.2) is 68.1 Å². The minimum atomic E-state index is -0.611. The van der Waals surface area contributed by atoms with Crippen LogP contribution in [0.4, 0.5) is 0 Å². The van der Waals surface area contributed by atoms with Gasteiger partial charge in [0, 0.05) is 23.0 Å². The van der Waals surface area contributed by atoms with Crippen molar-refractivity contribution < 1.29 is 19.0 Å². The summed E-state index contributed by atoms with van der Waals surface area (Å²) in [6.07, 6.45) is 0. The molecule has 3 aromatic rings. The van der Waals surface area contributed by atoms with Gasteiger partial charge >= 0.3 is 5.97 Å². The fourth-order valence-electron chi connectivity index (χ4n) is 5.58. The maximum atomic E-state index is 12.5. The highest BCUT2D eigenvalue weighted by atomic mass is 32.2. The number of nitriles is 1. The number of thioether (sulfide) groups is 2. The second-order valence-corrected chi connectivity index (χ2v) is 10.7. The molecule has 7 heteroatoms. The van der Waals surface area contributed by atoms with E-state index >= 15 is 0 Å². The Morgan fingerprint density at radius 3 is 1.63 bits per heavy atom. The van der Waals surface area contributed by atoms with Crippen molar-refractivity contribution in [3.8, 4) is 17.6 Å². The van der Waals surface area contributed by atoms with Gasteiger partial charge in [0.05, 0.1) is 34.9 Å². The lowest BCUT2D eigenvalue weighted by molar-refractivity contribution is -0.138. The van der Waals surface area contributed by atoms with Crippen LogP contribution in [-0.4, -0.2) is 26.8 Å². The van der Waals surface area contributed by atoms with E-state index in [1.54, 1.807) is 21.1 Å². The standard InChI is InChI=1S/C28H21NO4S2/c1-4-33-27(30)18(13-29)28-34-25-23(31-2)21-19-14-9-5-7-11-16(14)20(17-12-8-6-10-15(17)19)22(21)24(32-3)26(25)35-28/h5-12,19-20H,4H2,1-3H3. The molecule has 3 aromatic carbocycles. The minimum Gasteiger partial charge on any atom is -0.495 e. The Bertz CT molecular complexity index is 1350. The molecule has 7 rings (SSSR count). The van der Waals surface area contributed by atoms with Crippen LogP contribution in [0.5, 0.6) is 11.5 Å². The number of hydrogen-bond acceptors (Lipinski definition) is 7. The van der Waals surface area contributed by atoms with Crippen LogP contribution in [0.25, 0.3) is 0 Å². The molecule has 0 saturated carbocycles. The third-order valence-electron chi connectivity index (χ3n) is 6.80. The van der Waals surface area contributed by atoms with Crippen LogP contribution in [-0.2, 0) is 9.53 Å². The van der Waals surface area contributed by atoms with Gasteiger partial charge < -0.3 is 14.2 Å². The van der Waals surface area contributed by atoms with E-state index < -0.39 is 5.97 Å². The SMILES string of the molecule is CCOC(=O)C(C#N)=C1Sc2c(OC)c3c(c(OC)c2S1)C1c2ccccc2C3c2ccccc21. The van der Waals surface area contributed by atoms with E-state index in [4.69, 9.17) is 14.2 Å². The van der Waals surface area contributed by atoms with Crippen molar-refractivity contribution in [1.29, 1.82) is 5.26 Å². The van der Waals surface area contributed by atoms with E-state index in [1.807, 2.05) is 6.07 Å². The first-order valence-electron chi connectivity index (χ1n) is 11.3. The van der Waals surface area contributed by atoms with Gasteiger partial charge in [0.2, 0.25) is 0 Å². The maximum absolute atomic E-state index is 12.5. The maximum Gasteiger partial charge on any atom is 0.350 e. The first-order chi connectivity index (χ1) is 17.1. The second kappa shape index (κ2) is 8.40. The first kappa shape index (κ1) is 22.1. The number of carbonyl (C=O) groups excluding carboxylic acids is 1. The molecule has 3 aliphatic carbocycles. The Kier molecular flexibility index (Phi) is 5.32. The fourth-order valence-corrected chi connectivity index (χ4v) is 8.27. The summed E-state index contributed by atoms with van der Waals surface area (Å²) in [5.74, 6) is 0.971. The molecule has 0 atom stereocenters. The molecular weight excluding hydrogens is 478 g/mol. The van der Waals surface area contributed by atoms with Crippen molar-refractivity contribution in [1.82, 2.24) is 0 Å². The van der Waals surface area contributed by atoms with Crippen LogP contribution in [0.1, 0.15) is 52.1 Å². The predicted octanol–water partition coefficient (Wildman–Crippen LogP) is 6.19. The van der Waals surface area contributed by atoms with Crippen LogP contribution < -0.4 is 9.47 Å². The summed E-state index contributed by atoms with van der Waals surface area (Å²) in [5, 5.41) is 9.76. The van der Waals surface area contributed by atoms with Crippen LogP contribution >= 0.6 is 23.5 Å². The predicted molar refractivity (Wildman–Crippen MR) is 135 cm³/mol. The molecule has 0 unspecified atom stereocenters. The van der Waals surface area contributed by atoms with Gasteiger partial charge in [-0.25, -0.2) is 4.79 Å². The van der Waals surface area contributed by atoms with Crippen LogP contribution in [0.2, 0.25) is 0 Å². The van der Waals surface area contributed by atoms with Gasteiger partial charge in [-0.1, -0.05) is 72.1 Å². The van der Waals surface area contributed by atoms with Gasteiger partial charge in [-0.3, -0.25) is 0 Å².